The minimum atomic E-state index is 0.0856. The molecule has 4 heteroatoms. The van der Waals surface area contributed by atoms with E-state index in [2.05, 4.69) is 5.32 Å². The monoisotopic (exact) mass is 280 g/mol. The fourth-order valence-corrected chi connectivity index (χ4v) is 2.73. The van der Waals surface area contributed by atoms with Gasteiger partial charge in [-0.1, -0.05) is 29.8 Å². The fourth-order valence-electron chi connectivity index (χ4n) is 2.43. The number of likely N-dealkylation sites (tertiary alicyclic amines) is 1. The van der Waals surface area contributed by atoms with Gasteiger partial charge in [0.15, 0.2) is 0 Å². The Kier molecular flexibility index (Phi) is 5.23. The molecular weight excluding hydrogens is 260 g/mol. The third kappa shape index (κ3) is 3.95. The van der Waals surface area contributed by atoms with E-state index in [0.717, 1.165) is 36.5 Å². The lowest BCUT2D eigenvalue weighted by Gasteiger charge is -2.27. The van der Waals surface area contributed by atoms with Crippen LogP contribution in [-0.4, -0.2) is 30.4 Å². The van der Waals surface area contributed by atoms with E-state index >= 15 is 0 Å². The molecule has 3 nitrogen and oxygen atoms in total. The van der Waals surface area contributed by atoms with Gasteiger partial charge in [-0.25, -0.2) is 0 Å². The molecule has 19 heavy (non-hydrogen) atoms. The van der Waals surface area contributed by atoms with Crippen molar-refractivity contribution in [2.45, 2.75) is 32.2 Å². The van der Waals surface area contributed by atoms with Gasteiger partial charge in [-0.3, -0.25) is 4.79 Å². The molecule has 0 unspecified atom stereocenters. The van der Waals surface area contributed by atoms with Crippen LogP contribution >= 0.6 is 11.6 Å². The molecule has 1 amide bonds. The molecule has 1 aromatic rings. The van der Waals surface area contributed by atoms with Gasteiger partial charge in [-0.2, -0.15) is 0 Å². The molecule has 1 aliphatic heterocycles. The Hall–Kier alpha value is -1.06. The van der Waals surface area contributed by atoms with Crippen molar-refractivity contribution < 1.29 is 4.79 Å². The van der Waals surface area contributed by atoms with Gasteiger partial charge in [0.1, 0.15) is 0 Å². The molecule has 1 N–H and O–H groups in total. The first-order valence-corrected chi connectivity index (χ1v) is 7.32. The molecule has 1 aliphatic rings. The Morgan fingerprint density at radius 2 is 2.00 bits per heavy atom. The second kappa shape index (κ2) is 6.92. The number of piperidine rings is 1. The molecule has 2 rings (SSSR count). The summed E-state index contributed by atoms with van der Waals surface area (Å²) in [4.78, 5) is 14.0. The van der Waals surface area contributed by atoms with Crippen molar-refractivity contribution in [2.24, 2.45) is 0 Å². The summed E-state index contributed by atoms with van der Waals surface area (Å²) < 4.78 is 0. The van der Waals surface area contributed by atoms with Crippen LogP contribution in [0.5, 0.6) is 0 Å². The highest BCUT2D eigenvalue weighted by atomic mass is 35.5. The number of nitrogens with zero attached hydrogens (tertiary/aromatic N) is 1. The number of nitrogens with one attached hydrogen (secondary N) is 1. The van der Waals surface area contributed by atoms with E-state index in [9.17, 15) is 4.79 Å². The Morgan fingerprint density at radius 1 is 1.32 bits per heavy atom. The maximum Gasteiger partial charge on any atom is 0.236 e. The Morgan fingerprint density at radius 3 is 2.68 bits per heavy atom. The summed E-state index contributed by atoms with van der Waals surface area (Å²) >= 11 is 6.15. The Balaban J connectivity index is 1.84. The maximum absolute atomic E-state index is 12.0. The second-order valence-corrected chi connectivity index (χ2v) is 5.47. The van der Waals surface area contributed by atoms with E-state index in [1.807, 2.05) is 36.1 Å². The van der Waals surface area contributed by atoms with Crippen LogP contribution in [0.2, 0.25) is 5.02 Å². The second-order valence-electron chi connectivity index (χ2n) is 5.07. The molecule has 0 aliphatic carbocycles. The average molecular weight is 281 g/mol. The van der Waals surface area contributed by atoms with Crippen molar-refractivity contribution in [1.82, 2.24) is 10.2 Å². The van der Waals surface area contributed by atoms with Crippen LogP contribution in [0.3, 0.4) is 0 Å². The summed E-state index contributed by atoms with van der Waals surface area (Å²) in [6.45, 7) is 4.22. The van der Waals surface area contributed by atoms with E-state index in [1.54, 1.807) is 0 Å². The zero-order valence-corrected chi connectivity index (χ0v) is 12.1. The van der Waals surface area contributed by atoms with Crippen molar-refractivity contribution in [3.8, 4) is 0 Å². The van der Waals surface area contributed by atoms with E-state index < -0.39 is 0 Å². The van der Waals surface area contributed by atoms with Gasteiger partial charge < -0.3 is 10.2 Å². The number of amides is 1. The van der Waals surface area contributed by atoms with Crippen LogP contribution in [0.4, 0.5) is 0 Å². The first-order chi connectivity index (χ1) is 9.18. The minimum Gasteiger partial charge on any atom is -0.342 e. The lowest BCUT2D eigenvalue weighted by Crippen LogP contribution is -2.41. The van der Waals surface area contributed by atoms with Crippen LogP contribution in [0.25, 0.3) is 0 Å². The average Bonchev–Trinajstić information content (AvgIpc) is 2.46. The summed E-state index contributed by atoms with van der Waals surface area (Å²) in [6, 6.07) is 7.83. The maximum atomic E-state index is 12.0. The number of carbonyl (C=O) groups is 1. The molecule has 1 atom stereocenters. The zero-order valence-electron chi connectivity index (χ0n) is 11.4. The van der Waals surface area contributed by atoms with Gasteiger partial charge in [-0.15, -0.1) is 0 Å². The summed E-state index contributed by atoms with van der Waals surface area (Å²) in [7, 11) is 0. The summed E-state index contributed by atoms with van der Waals surface area (Å²) in [5.74, 6) is 0.193. The van der Waals surface area contributed by atoms with Gasteiger partial charge in [-0.05, 0) is 37.8 Å². The first-order valence-electron chi connectivity index (χ1n) is 6.94. The van der Waals surface area contributed by atoms with Crippen molar-refractivity contribution in [2.75, 3.05) is 19.6 Å². The molecule has 0 spiro atoms. The van der Waals surface area contributed by atoms with Gasteiger partial charge in [0.25, 0.3) is 0 Å². The molecule has 0 saturated carbocycles. The summed E-state index contributed by atoms with van der Waals surface area (Å²) in [5.41, 5.74) is 1.04. The van der Waals surface area contributed by atoms with Crippen LogP contribution in [-0.2, 0) is 4.79 Å². The molecule has 0 aromatic heterocycles. The number of halogens is 1. The molecule has 1 saturated heterocycles. The van der Waals surface area contributed by atoms with Crippen LogP contribution < -0.4 is 5.32 Å². The van der Waals surface area contributed by atoms with Crippen molar-refractivity contribution in [1.29, 1.82) is 0 Å². The third-order valence-corrected chi connectivity index (χ3v) is 3.98. The highest BCUT2D eigenvalue weighted by molar-refractivity contribution is 6.31. The molecule has 1 aromatic carbocycles. The van der Waals surface area contributed by atoms with Gasteiger partial charge in [0, 0.05) is 24.2 Å². The predicted octanol–water partition coefficient (Wildman–Crippen LogP) is 3.00. The quantitative estimate of drug-likeness (QED) is 0.920. The normalized spacial score (nSPS) is 17.3. The minimum absolute atomic E-state index is 0.0856. The standard InChI is InChI=1S/C15H21ClN2O/c1-12(13-7-3-4-8-14(13)16)17-11-15(19)18-9-5-2-6-10-18/h3-4,7-8,12,17H,2,5-6,9-11H2,1H3/t12-/m1/s1. The number of carbonyl (C=O) groups excluding carboxylic acids is 1. The van der Waals surface area contributed by atoms with Gasteiger partial charge in [0.05, 0.1) is 6.54 Å². The fraction of sp³-hybridized carbons (Fsp3) is 0.533. The van der Waals surface area contributed by atoms with E-state index in [-0.39, 0.29) is 11.9 Å². The van der Waals surface area contributed by atoms with Crippen molar-refractivity contribution >= 4 is 17.5 Å². The third-order valence-electron chi connectivity index (χ3n) is 3.64. The SMILES string of the molecule is C[C@@H](NCC(=O)N1CCCCC1)c1ccccc1Cl. The predicted molar refractivity (Wildman–Crippen MR) is 78.3 cm³/mol. The molecular formula is C15H21ClN2O. The van der Waals surface area contributed by atoms with Crippen LogP contribution in [0, 0.1) is 0 Å². The topological polar surface area (TPSA) is 32.3 Å². The van der Waals surface area contributed by atoms with Gasteiger partial charge in [0.2, 0.25) is 5.91 Å². The first kappa shape index (κ1) is 14.4. The Bertz CT molecular complexity index is 430. The summed E-state index contributed by atoms with van der Waals surface area (Å²) in [6.07, 6.45) is 3.50. The zero-order chi connectivity index (χ0) is 13.7. The number of benzene rings is 1. The largest absolute Gasteiger partial charge is 0.342 e. The van der Waals surface area contributed by atoms with Gasteiger partial charge >= 0.3 is 0 Å². The molecule has 0 radical (unpaired) electrons. The molecule has 0 bridgehead atoms. The Labute approximate surface area is 119 Å². The molecule has 104 valence electrons. The number of hydrogen-bond donors (Lipinski definition) is 1. The van der Waals surface area contributed by atoms with E-state index in [1.165, 1.54) is 6.42 Å². The van der Waals surface area contributed by atoms with Crippen molar-refractivity contribution in [3.05, 3.63) is 34.9 Å². The summed E-state index contributed by atoms with van der Waals surface area (Å²) in [5, 5.41) is 4.00. The molecule has 1 fully saturated rings. The number of rotatable bonds is 4. The van der Waals surface area contributed by atoms with Crippen molar-refractivity contribution in [3.63, 3.8) is 0 Å². The van der Waals surface area contributed by atoms with Crippen LogP contribution in [0.15, 0.2) is 24.3 Å². The highest BCUT2D eigenvalue weighted by Crippen LogP contribution is 2.21. The number of hydrogen-bond acceptors (Lipinski definition) is 2. The van der Waals surface area contributed by atoms with Crippen LogP contribution in [0.1, 0.15) is 37.8 Å². The lowest BCUT2D eigenvalue weighted by atomic mass is 10.1. The van der Waals surface area contributed by atoms with E-state index in [0.29, 0.717) is 6.54 Å². The smallest absolute Gasteiger partial charge is 0.236 e. The van der Waals surface area contributed by atoms with E-state index in [4.69, 9.17) is 11.6 Å². The lowest BCUT2D eigenvalue weighted by molar-refractivity contribution is -0.131. The highest BCUT2D eigenvalue weighted by Gasteiger charge is 2.17. The molecule has 1 heterocycles.